The van der Waals surface area contributed by atoms with Crippen LogP contribution in [0.3, 0.4) is 0 Å². The van der Waals surface area contributed by atoms with Crippen LogP contribution in [0.1, 0.15) is 0 Å². The molecule has 1 aromatic heterocycles. The van der Waals surface area contributed by atoms with E-state index >= 15 is 0 Å². The summed E-state index contributed by atoms with van der Waals surface area (Å²) < 4.78 is 1.07. The van der Waals surface area contributed by atoms with Crippen molar-refractivity contribution in [1.29, 1.82) is 0 Å². The molecule has 0 aliphatic rings. The van der Waals surface area contributed by atoms with Crippen molar-refractivity contribution in [2.24, 2.45) is 16.0 Å². The fraction of sp³-hybridized carbons (Fsp3) is 0. The van der Waals surface area contributed by atoms with Crippen molar-refractivity contribution >= 4 is 28.7 Å². The van der Waals surface area contributed by atoms with E-state index in [1.807, 2.05) is 48.5 Å². The van der Waals surface area contributed by atoms with Crippen LogP contribution in [-0.2, 0) is 0 Å². The van der Waals surface area contributed by atoms with Crippen LogP contribution in [0, 0.1) is 0 Å². The Morgan fingerprint density at radius 3 is 2.22 bits per heavy atom. The highest BCUT2D eigenvalue weighted by Gasteiger charge is 2.20. The van der Waals surface area contributed by atoms with Gasteiger partial charge in [-0.1, -0.05) is 48.5 Å². The van der Waals surface area contributed by atoms with E-state index in [2.05, 4.69) is 15.3 Å². The lowest BCUT2D eigenvalue weighted by atomic mass is 10.1. The molecule has 0 saturated heterocycles. The third kappa shape index (κ3) is 3.09. The first-order chi connectivity index (χ1) is 11.2. The zero-order valence-corrected chi connectivity index (χ0v) is 12.8. The van der Waals surface area contributed by atoms with E-state index in [0.29, 0.717) is 11.4 Å². The SMILES string of the molecule is NC(=S)n1nc(-c2ccccc2)c(/N=N/c2ccccc2)c1O. The largest absolute Gasteiger partial charge is 0.492 e. The van der Waals surface area contributed by atoms with E-state index in [-0.39, 0.29) is 16.7 Å². The van der Waals surface area contributed by atoms with Gasteiger partial charge in [-0.3, -0.25) is 0 Å². The predicted octanol–water partition coefficient (Wildman–Crippen LogP) is 3.76. The number of hydrogen-bond donors (Lipinski definition) is 2. The van der Waals surface area contributed by atoms with Crippen LogP contribution in [0.15, 0.2) is 70.9 Å². The average molecular weight is 323 g/mol. The summed E-state index contributed by atoms with van der Waals surface area (Å²) in [5.74, 6) is -0.240. The molecule has 0 radical (unpaired) electrons. The van der Waals surface area contributed by atoms with Gasteiger partial charge in [0.15, 0.2) is 10.8 Å². The summed E-state index contributed by atoms with van der Waals surface area (Å²) in [7, 11) is 0. The normalized spacial score (nSPS) is 11.0. The molecule has 0 aliphatic carbocycles. The highest BCUT2D eigenvalue weighted by molar-refractivity contribution is 7.80. The molecule has 0 unspecified atom stereocenters. The number of hydrogen-bond acceptors (Lipinski definition) is 5. The van der Waals surface area contributed by atoms with Crippen molar-refractivity contribution in [3.05, 3.63) is 60.7 Å². The lowest BCUT2D eigenvalue weighted by Crippen LogP contribution is -2.19. The standard InChI is InChI=1S/C16H13N5OS/c17-16(23)21-15(22)14(19-18-12-9-5-2-6-10-12)13(20-21)11-7-3-1-4-8-11/h1-10,22H,(H2,17,23)/b19-18+. The Labute approximate surface area is 137 Å². The molecule has 23 heavy (non-hydrogen) atoms. The van der Waals surface area contributed by atoms with Gasteiger partial charge in [0.05, 0.1) is 5.69 Å². The minimum Gasteiger partial charge on any atom is -0.492 e. The second-order valence-electron chi connectivity index (χ2n) is 4.67. The van der Waals surface area contributed by atoms with Crippen LogP contribution >= 0.6 is 12.2 Å². The van der Waals surface area contributed by atoms with Gasteiger partial charge in [-0.05, 0) is 24.4 Å². The van der Waals surface area contributed by atoms with Crippen molar-refractivity contribution in [2.45, 2.75) is 0 Å². The lowest BCUT2D eigenvalue weighted by molar-refractivity contribution is 0.440. The molecule has 6 nitrogen and oxygen atoms in total. The topological polar surface area (TPSA) is 88.8 Å². The van der Waals surface area contributed by atoms with Gasteiger partial charge in [-0.2, -0.15) is 14.9 Å². The van der Waals surface area contributed by atoms with Crippen LogP contribution in [0.4, 0.5) is 11.4 Å². The summed E-state index contributed by atoms with van der Waals surface area (Å²) >= 11 is 4.90. The highest BCUT2D eigenvalue weighted by atomic mass is 32.1. The van der Waals surface area contributed by atoms with E-state index in [1.165, 1.54) is 0 Å². The van der Waals surface area contributed by atoms with Gasteiger partial charge < -0.3 is 10.8 Å². The molecular weight excluding hydrogens is 310 g/mol. The fourth-order valence-corrected chi connectivity index (χ4v) is 2.17. The number of rotatable bonds is 3. The Kier molecular flexibility index (Phi) is 4.11. The van der Waals surface area contributed by atoms with Gasteiger partial charge in [0.1, 0.15) is 5.69 Å². The Balaban J connectivity index is 2.11. The van der Waals surface area contributed by atoms with E-state index in [1.54, 1.807) is 12.1 Å². The second kappa shape index (κ2) is 6.37. The molecule has 0 atom stereocenters. The second-order valence-corrected chi connectivity index (χ2v) is 5.09. The van der Waals surface area contributed by atoms with Gasteiger partial charge in [-0.25, -0.2) is 0 Å². The highest BCUT2D eigenvalue weighted by Crippen LogP contribution is 2.38. The number of aromatic nitrogens is 2. The number of nitrogens with zero attached hydrogens (tertiary/aromatic N) is 4. The molecule has 0 spiro atoms. The van der Waals surface area contributed by atoms with E-state index in [0.717, 1.165) is 10.2 Å². The van der Waals surface area contributed by atoms with Crippen molar-refractivity contribution in [3.63, 3.8) is 0 Å². The van der Waals surface area contributed by atoms with Gasteiger partial charge in [0.25, 0.3) is 0 Å². The van der Waals surface area contributed by atoms with Gasteiger partial charge in [-0.15, -0.1) is 5.11 Å². The fourth-order valence-electron chi connectivity index (χ4n) is 2.04. The Morgan fingerprint density at radius 2 is 1.61 bits per heavy atom. The Hall–Kier alpha value is -3.06. The molecule has 0 fully saturated rings. The van der Waals surface area contributed by atoms with Crippen LogP contribution < -0.4 is 5.73 Å². The molecule has 0 aliphatic heterocycles. The minimum atomic E-state index is -0.240. The van der Waals surface area contributed by atoms with E-state index in [4.69, 9.17) is 18.0 Å². The molecule has 114 valence electrons. The summed E-state index contributed by atoms with van der Waals surface area (Å²) in [6, 6.07) is 18.5. The molecular formula is C16H13N5OS. The van der Waals surface area contributed by atoms with Crippen molar-refractivity contribution in [3.8, 4) is 17.1 Å². The van der Waals surface area contributed by atoms with Crippen LogP contribution in [0.2, 0.25) is 0 Å². The number of thiocarbonyl (C=S) groups is 1. The molecule has 0 saturated carbocycles. The van der Waals surface area contributed by atoms with Crippen LogP contribution in [-0.4, -0.2) is 20.0 Å². The average Bonchev–Trinajstić information content (AvgIpc) is 2.91. The van der Waals surface area contributed by atoms with Gasteiger partial charge >= 0.3 is 0 Å². The Morgan fingerprint density at radius 1 is 1.00 bits per heavy atom. The first-order valence-electron chi connectivity index (χ1n) is 6.81. The summed E-state index contributed by atoms with van der Waals surface area (Å²) in [6.45, 7) is 0. The minimum absolute atomic E-state index is 0.0687. The predicted molar refractivity (Wildman–Crippen MR) is 92.1 cm³/mol. The molecule has 0 bridgehead atoms. The van der Waals surface area contributed by atoms with E-state index in [9.17, 15) is 5.11 Å². The summed E-state index contributed by atoms with van der Waals surface area (Å²) in [4.78, 5) is 0. The Bertz CT molecular complexity index is 859. The molecule has 7 heteroatoms. The quantitative estimate of drug-likeness (QED) is 0.567. The van der Waals surface area contributed by atoms with Crippen molar-refractivity contribution < 1.29 is 5.11 Å². The number of azo groups is 1. The zero-order valence-electron chi connectivity index (χ0n) is 12.0. The molecule has 3 aromatic rings. The van der Waals surface area contributed by atoms with Crippen molar-refractivity contribution in [1.82, 2.24) is 9.78 Å². The van der Waals surface area contributed by atoms with Crippen molar-refractivity contribution in [2.75, 3.05) is 0 Å². The molecule has 0 amide bonds. The third-order valence-electron chi connectivity index (χ3n) is 3.11. The zero-order chi connectivity index (χ0) is 16.2. The van der Waals surface area contributed by atoms with Gasteiger partial charge in [0, 0.05) is 5.56 Å². The number of benzene rings is 2. The smallest absolute Gasteiger partial charge is 0.245 e. The third-order valence-corrected chi connectivity index (χ3v) is 3.29. The van der Waals surface area contributed by atoms with Crippen LogP contribution in [0.25, 0.3) is 11.3 Å². The summed E-state index contributed by atoms with van der Waals surface area (Å²) in [5.41, 5.74) is 7.69. The molecule has 2 aromatic carbocycles. The maximum atomic E-state index is 10.3. The summed E-state index contributed by atoms with van der Waals surface area (Å²) in [5, 5.41) is 22.7. The molecule has 1 heterocycles. The molecule has 3 rings (SSSR count). The first kappa shape index (κ1) is 14.9. The number of aromatic hydroxyl groups is 1. The van der Waals surface area contributed by atoms with Gasteiger partial charge in [0.2, 0.25) is 5.88 Å². The number of nitrogens with two attached hydrogens (primary N) is 1. The first-order valence-corrected chi connectivity index (χ1v) is 7.21. The maximum Gasteiger partial charge on any atom is 0.245 e. The summed E-state index contributed by atoms with van der Waals surface area (Å²) in [6.07, 6.45) is 0. The van der Waals surface area contributed by atoms with E-state index < -0.39 is 0 Å². The lowest BCUT2D eigenvalue weighted by Gasteiger charge is -1.97. The maximum absolute atomic E-state index is 10.3. The van der Waals surface area contributed by atoms with Crippen LogP contribution in [0.5, 0.6) is 5.88 Å². The monoisotopic (exact) mass is 323 g/mol. The molecule has 3 N–H and O–H groups in total.